The van der Waals surface area contributed by atoms with Gasteiger partial charge in [-0.15, -0.1) is 0 Å². The Kier molecular flexibility index (Phi) is 7.30. The maximum Gasteiger partial charge on any atom is 0.431 e. The number of carbonyl (C=O) groups excluding carboxylic acids is 1. The van der Waals surface area contributed by atoms with Crippen LogP contribution in [0, 0.1) is 5.92 Å². The Balaban J connectivity index is 2.43. The third-order valence-electron chi connectivity index (χ3n) is 3.57. The molecular weight excluding hydrogens is 256 g/mol. The predicted octanol–water partition coefficient (Wildman–Crippen LogP) is 3.13. The van der Waals surface area contributed by atoms with Crippen molar-refractivity contribution >= 4 is 6.09 Å². The number of rotatable bonds is 5. The normalized spacial score (nSPS) is 19.2. The number of carbonyl (C=O) groups is 1. The molecule has 0 spiro atoms. The predicted molar refractivity (Wildman–Crippen MR) is 79.1 cm³/mol. The molecule has 0 radical (unpaired) electrons. The lowest BCUT2D eigenvalue weighted by molar-refractivity contribution is -0.0676. The quantitative estimate of drug-likeness (QED) is 0.601. The molecule has 1 rings (SSSR count). The highest BCUT2D eigenvalue weighted by atomic mass is 16.7. The summed E-state index contributed by atoms with van der Waals surface area (Å²) >= 11 is 0. The minimum Gasteiger partial charge on any atom is -0.442 e. The second-order valence-electron chi connectivity index (χ2n) is 6.59. The standard InChI is InChI=1S/C15H30N2O3/c1-15(2,3)19-14(18)17-20-13(10-11-16)12-8-6-4-5-7-9-12/h12-13H,4-11,16H2,1-3H3,(H,17,18). The van der Waals surface area contributed by atoms with Crippen LogP contribution in [0.2, 0.25) is 0 Å². The first kappa shape index (κ1) is 17.2. The molecule has 1 atom stereocenters. The number of hydrogen-bond donors (Lipinski definition) is 2. The highest BCUT2D eigenvalue weighted by Gasteiger charge is 2.25. The van der Waals surface area contributed by atoms with Gasteiger partial charge >= 0.3 is 6.09 Å². The van der Waals surface area contributed by atoms with Gasteiger partial charge in [-0.05, 0) is 52.5 Å². The maximum absolute atomic E-state index is 11.6. The van der Waals surface area contributed by atoms with Crippen LogP contribution in [0.15, 0.2) is 0 Å². The monoisotopic (exact) mass is 286 g/mol. The van der Waals surface area contributed by atoms with E-state index in [1.807, 2.05) is 20.8 Å². The van der Waals surface area contributed by atoms with Crippen LogP contribution < -0.4 is 11.2 Å². The number of nitrogens with one attached hydrogen (secondary N) is 1. The second kappa shape index (κ2) is 8.47. The fourth-order valence-corrected chi connectivity index (χ4v) is 2.66. The summed E-state index contributed by atoms with van der Waals surface area (Å²) in [6, 6.07) is 0. The molecule has 1 fully saturated rings. The minimum absolute atomic E-state index is 0.00869. The summed E-state index contributed by atoms with van der Waals surface area (Å²) < 4.78 is 5.17. The van der Waals surface area contributed by atoms with Crippen LogP contribution in [0.4, 0.5) is 4.79 Å². The van der Waals surface area contributed by atoms with Gasteiger partial charge in [-0.1, -0.05) is 25.7 Å². The van der Waals surface area contributed by atoms with Crippen LogP contribution in [0.3, 0.4) is 0 Å². The zero-order chi connectivity index (χ0) is 15.0. The van der Waals surface area contributed by atoms with E-state index in [0.29, 0.717) is 12.5 Å². The van der Waals surface area contributed by atoms with E-state index in [2.05, 4.69) is 5.48 Å². The molecule has 0 aromatic rings. The number of hydrogen-bond acceptors (Lipinski definition) is 4. The average molecular weight is 286 g/mol. The third-order valence-corrected chi connectivity index (χ3v) is 3.57. The van der Waals surface area contributed by atoms with Crippen LogP contribution >= 0.6 is 0 Å². The largest absolute Gasteiger partial charge is 0.442 e. The molecule has 3 N–H and O–H groups in total. The molecule has 20 heavy (non-hydrogen) atoms. The van der Waals surface area contributed by atoms with Crippen LogP contribution in [-0.2, 0) is 9.57 Å². The molecule has 1 unspecified atom stereocenters. The molecule has 0 aliphatic heterocycles. The topological polar surface area (TPSA) is 73.6 Å². The zero-order valence-electron chi connectivity index (χ0n) is 13.1. The highest BCUT2D eigenvalue weighted by molar-refractivity contribution is 5.66. The Morgan fingerprint density at radius 2 is 1.85 bits per heavy atom. The zero-order valence-corrected chi connectivity index (χ0v) is 13.1. The van der Waals surface area contributed by atoms with E-state index in [-0.39, 0.29) is 6.10 Å². The molecule has 0 saturated heterocycles. The van der Waals surface area contributed by atoms with Crippen molar-refractivity contribution in [3.8, 4) is 0 Å². The van der Waals surface area contributed by atoms with E-state index >= 15 is 0 Å². The van der Waals surface area contributed by atoms with Crippen LogP contribution in [-0.4, -0.2) is 24.3 Å². The number of amides is 1. The molecule has 1 saturated carbocycles. The first-order valence-corrected chi connectivity index (χ1v) is 7.77. The first-order chi connectivity index (χ1) is 9.42. The van der Waals surface area contributed by atoms with Crippen molar-refractivity contribution in [3.63, 3.8) is 0 Å². The van der Waals surface area contributed by atoms with Gasteiger partial charge in [-0.25, -0.2) is 4.79 Å². The van der Waals surface area contributed by atoms with Gasteiger partial charge in [0, 0.05) is 0 Å². The van der Waals surface area contributed by atoms with Crippen molar-refractivity contribution in [1.82, 2.24) is 5.48 Å². The number of hydroxylamine groups is 1. The molecule has 0 aromatic carbocycles. The molecular formula is C15H30N2O3. The van der Waals surface area contributed by atoms with Gasteiger partial charge < -0.3 is 10.5 Å². The van der Waals surface area contributed by atoms with Crippen molar-refractivity contribution in [2.24, 2.45) is 11.7 Å². The Labute approximate surface area is 122 Å². The van der Waals surface area contributed by atoms with Crippen molar-refractivity contribution in [3.05, 3.63) is 0 Å². The molecule has 5 heteroatoms. The van der Waals surface area contributed by atoms with Crippen LogP contribution in [0.1, 0.15) is 65.7 Å². The Morgan fingerprint density at radius 1 is 1.25 bits per heavy atom. The lowest BCUT2D eigenvalue weighted by atomic mass is 9.92. The molecule has 0 bridgehead atoms. The van der Waals surface area contributed by atoms with Gasteiger partial charge in [0.15, 0.2) is 0 Å². The lowest BCUT2D eigenvalue weighted by Gasteiger charge is -2.26. The third kappa shape index (κ3) is 7.10. The van der Waals surface area contributed by atoms with Crippen molar-refractivity contribution in [2.75, 3.05) is 6.54 Å². The summed E-state index contributed by atoms with van der Waals surface area (Å²) in [7, 11) is 0. The average Bonchev–Trinajstić information content (AvgIpc) is 2.61. The molecule has 5 nitrogen and oxygen atoms in total. The molecule has 118 valence electrons. The van der Waals surface area contributed by atoms with E-state index in [0.717, 1.165) is 19.3 Å². The number of nitrogens with two attached hydrogens (primary N) is 1. The van der Waals surface area contributed by atoms with Gasteiger partial charge in [-0.3, -0.25) is 4.84 Å². The summed E-state index contributed by atoms with van der Waals surface area (Å²) in [6.45, 7) is 6.05. The Hall–Kier alpha value is -0.810. The van der Waals surface area contributed by atoms with Gasteiger partial charge in [0.25, 0.3) is 0 Å². The fourth-order valence-electron chi connectivity index (χ4n) is 2.66. The SMILES string of the molecule is CC(C)(C)OC(=O)NOC(CCN)C1CCCCCC1. The summed E-state index contributed by atoms with van der Waals surface area (Å²) in [6.07, 6.45) is 7.60. The van der Waals surface area contributed by atoms with Crippen LogP contribution in [0.25, 0.3) is 0 Å². The number of ether oxygens (including phenoxy) is 1. The maximum atomic E-state index is 11.6. The molecule has 1 amide bonds. The van der Waals surface area contributed by atoms with Gasteiger partial charge in [0.1, 0.15) is 5.60 Å². The highest BCUT2D eigenvalue weighted by Crippen LogP contribution is 2.28. The fraction of sp³-hybridized carbons (Fsp3) is 0.933. The van der Waals surface area contributed by atoms with Gasteiger partial charge in [0.2, 0.25) is 0 Å². The summed E-state index contributed by atoms with van der Waals surface area (Å²) in [5, 5.41) is 0. The van der Waals surface area contributed by atoms with E-state index in [1.54, 1.807) is 0 Å². The van der Waals surface area contributed by atoms with Crippen molar-refractivity contribution in [1.29, 1.82) is 0 Å². The molecule has 0 aromatic heterocycles. The first-order valence-electron chi connectivity index (χ1n) is 7.77. The Bertz CT molecular complexity index is 281. The van der Waals surface area contributed by atoms with Gasteiger partial charge in [0.05, 0.1) is 6.10 Å². The second-order valence-corrected chi connectivity index (χ2v) is 6.59. The molecule has 1 aliphatic rings. The van der Waals surface area contributed by atoms with Crippen molar-refractivity contribution in [2.45, 2.75) is 77.4 Å². The van der Waals surface area contributed by atoms with Crippen molar-refractivity contribution < 1.29 is 14.4 Å². The van der Waals surface area contributed by atoms with E-state index < -0.39 is 11.7 Å². The lowest BCUT2D eigenvalue weighted by Crippen LogP contribution is -2.38. The summed E-state index contributed by atoms with van der Waals surface area (Å²) in [5.41, 5.74) is 7.57. The van der Waals surface area contributed by atoms with Crippen LogP contribution in [0.5, 0.6) is 0 Å². The summed E-state index contributed by atoms with van der Waals surface area (Å²) in [4.78, 5) is 17.2. The molecule has 0 heterocycles. The molecule has 1 aliphatic carbocycles. The smallest absolute Gasteiger partial charge is 0.431 e. The van der Waals surface area contributed by atoms with E-state index in [4.69, 9.17) is 15.3 Å². The Morgan fingerprint density at radius 3 is 2.35 bits per heavy atom. The van der Waals surface area contributed by atoms with E-state index in [1.165, 1.54) is 25.7 Å². The van der Waals surface area contributed by atoms with E-state index in [9.17, 15) is 4.79 Å². The summed E-state index contributed by atoms with van der Waals surface area (Å²) in [5.74, 6) is 0.482. The minimum atomic E-state index is -0.534. The van der Waals surface area contributed by atoms with Gasteiger partial charge in [-0.2, -0.15) is 5.48 Å².